The number of halogens is 1. The van der Waals surface area contributed by atoms with Crippen molar-refractivity contribution >= 4 is 17.5 Å². The fourth-order valence-electron chi connectivity index (χ4n) is 2.48. The van der Waals surface area contributed by atoms with Crippen LogP contribution in [0.4, 0.5) is 0 Å². The van der Waals surface area contributed by atoms with Crippen molar-refractivity contribution in [1.82, 2.24) is 4.90 Å². The minimum atomic E-state index is -0.967. The molecule has 1 fully saturated rings. The first kappa shape index (κ1) is 15.1. The van der Waals surface area contributed by atoms with E-state index in [1.54, 1.807) is 43.0 Å². The molecule has 4 nitrogen and oxygen atoms in total. The Hall–Kier alpha value is -1.26. The van der Waals surface area contributed by atoms with Crippen molar-refractivity contribution in [2.24, 2.45) is 0 Å². The maximum Gasteiger partial charge on any atom is 0.266 e. The van der Waals surface area contributed by atoms with Gasteiger partial charge in [-0.05, 0) is 51.0 Å². The lowest BCUT2D eigenvalue weighted by Crippen LogP contribution is -2.51. The number of carbonyl (C=O) groups is 1. The number of amides is 1. The highest BCUT2D eigenvalue weighted by Crippen LogP contribution is 2.26. The first-order chi connectivity index (χ1) is 9.44. The van der Waals surface area contributed by atoms with Crippen molar-refractivity contribution < 1.29 is 14.6 Å². The second-order valence-corrected chi connectivity index (χ2v) is 5.98. The molecule has 20 heavy (non-hydrogen) atoms. The van der Waals surface area contributed by atoms with E-state index in [1.807, 2.05) is 0 Å². The van der Waals surface area contributed by atoms with Gasteiger partial charge in [-0.2, -0.15) is 0 Å². The molecule has 110 valence electrons. The first-order valence-corrected chi connectivity index (χ1v) is 7.18. The normalized spacial score (nSPS) is 19.2. The molecule has 1 aliphatic heterocycles. The van der Waals surface area contributed by atoms with E-state index < -0.39 is 5.60 Å². The number of carbonyl (C=O) groups excluding carboxylic acids is 1. The van der Waals surface area contributed by atoms with Crippen LogP contribution >= 0.6 is 11.6 Å². The van der Waals surface area contributed by atoms with Crippen molar-refractivity contribution in [2.45, 2.75) is 38.3 Å². The molecule has 0 aliphatic carbocycles. The molecule has 0 radical (unpaired) electrons. The lowest BCUT2D eigenvalue weighted by atomic mass is 10.1. The van der Waals surface area contributed by atoms with Crippen molar-refractivity contribution in [1.29, 1.82) is 0 Å². The first-order valence-electron chi connectivity index (χ1n) is 6.80. The lowest BCUT2D eigenvalue weighted by molar-refractivity contribution is -0.147. The predicted octanol–water partition coefficient (Wildman–Crippen LogP) is 2.48. The molecule has 5 heteroatoms. The van der Waals surface area contributed by atoms with Gasteiger partial charge >= 0.3 is 0 Å². The van der Waals surface area contributed by atoms with Gasteiger partial charge in [0, 0.05) is 11.6 Å². The van der Waals surface area contributed by atoms with Crippen LogP contribution in [0.25, 0.3) is 0 Å². The van der Waals surface area contributed by atoms with E-state index in [0.29, 0.717) is 17.3 Å². The Bertz CT molecular complexity index is 473. The van der Waals surface area contributed by atoms with Crippen LogP contribution in [0.2, 0.25) is 5.02 Å². The molecule has 1 aromatic rings. The molecule has 1 atom stereocenters. The van der Waals surface area contributed by atoms with E-state index in [1.165, 1.54) is 0 Å². The number of ether oxygens (including phenoxy) is 1. The third-order valence-electron chi connectivity index (χ3n) is 3.55. The van der Waals surface area contributed by atoms with Crippen LogP contribution in [0.5, 0.6) is 5.75 Å². The summed E-state index contributed by atoms with van der Waals surface area (Å²) < 4.78 is 5.79. The molecule has 0 spiro atoms. The number of nitrogens with zero attached hydrogens (tertiary/aromatic N) is 1. The van der Waals surface area contributed by atoms with Gasteiger partial charge in [0.2, 0.25) is 0 Å². The van der Waals surface area contributed by atoms with Crippen LogP contribution in [0.15, 0.2) is 24.3 Å². The van der Waals surface area contributed by atoms with E-state index in [-0.39, 0.29) is 18.6 Å². The third-order valence-corrected chi connectivity index (χ3v) is 3.80. The lowest BCUT2D eigenvalue weighted by Gasteiger charge is -2.32. The van der Waals surface area contributed by atoms with Crippen molar-refractivity contribution in [2.75, 3.05) is 13.2 Å². The van der Waals surface area contributed by atoms with Crippen LogP contribution in [0.3, 0.4) is 0 Å². The van der Waals surface area contributed by atoms with Gasteiger partial charge in [0.25, 0.3) is 5.91 Å². The van der Waals surface area contributed by atoms with Gasteiger partial charge in [-0.25, -0.2) is 0 Å². The summed E-state index contributed by atoms with van der Waals surface area (Å²) in [4.78, 5) is 14.3. The SMILES string of the molecule is CC(C)(Oc1ccc(Cl)cc1)C(=O)N1CCCC1CO. The van der Waals surface area contributed by atoms with E-state index in [4.69, 9.17) is 16.3 Å². The molecule has 0 aromatic heterocycles. The molecule has 1 saturated heterocycles. The summed E-state index contributed by atoms with van der Waals surface area (Å²) in [5, 5.41) is 9.95. The molecule has 1 unspecified atom stereocenters. The van der Waals surface area contributed by atoms with Gasteiger partial charge in [-0.1, -0.05) is 11.6 Å². The Balaban J connectivity index is 2.09. The molecule has 0 bridgehead atoms. The minimum Gasteiger partial charge on any atom is -0.478 e. The highest BCUT2D eigenvalue weighted by atomic mass is 35.5. The zero-order chi connectivity index (χ0) is 14.8. The molecule has 0 saturated carbocycles. The Morgan fingerprint density at radius 2 is 2.10 bits per heavy atom. The van der Waals surface area contributed by atoms with Crippen LogP contribution in [0.1, 0.15) is 26.7 Å². The monoisotopic (exact) mass is 297 g/mol. The van der Waals surface area contributed by atoms with Crippen molar-refractivity contribution in [3.63, 3.8) is 0 Å². The average Bonchev–Trinajstić information content (AvgIpc) is 2.88. The molecule has 2 rings (SSSR count). The number of rotatable bonds is 4. The zero-order valence-corrected chi connectivity index (χ0v) is 12.6. The predicted molar refractivity (Wildman–Crippen MR) is 78.0 cm³/mol. The number of aliphatic hydroxyl groups is 1. The van der Waals surface area contributed by atoms with Crippen LogP contribution < -0.4 is 4.74 Å². The Kier molecular flexibility index (Phi) is 4.55. The highest BCUT2D eigenvalue weighted by molar-refractivity contribution is 6.30. The van der Waals surface area contributed by atoms with Crippen molar-refractivity contribution in [3.05, 3.63) is 29.3 Å². The standard InChI is InChI=1S/C15H20ClNO3/c1-15(2,20-13-7-5-11(16)6-8-13)14(19)17-9-3-4-12(17)10-18/h5-8,12,18H,3-4,9-10H2,1-2H3. The fraction of sp³-hybridized carbons (Fsp3) is 0.533. The van der Waals surface area contributed by atoms with Gasteiger partial charge in [0.15, 0.2) is 5.60 Å². The van der Waals surface area contributed by atoms with Gasteiger partial charge in [-0.15, -0.1) is 0 Å². The Morgan fingerprint density at radius 1 is 1.45 bits per heavy atom. The molecule has 1 aromatic carbocycles. The molecular formula is C15H20ClNO3. The van der Waals surface area contributed by atoms with Crippen molar-refractivity contribution in [3.8, 4) is 5.75 Å². The average molecular weight is 298 g/mol. The minimum absolute atomic E-state index is 0.00274. The third kappa shape index (κ3) is 3.25. The number of benzene rings is 1. The van der Waals surface area contributed by atoms with Crippen LogP contribution in [-0.2, 0) is 4.79 Å². The zero-order valence-electron chi connectivity index (χ0n) is 11.8. The maximum absolute atomic E-state index is 12.6. The summed E-state index contributed by atoms with van der Waals surface area (Å²) in [7, 11) is 0. The van der Waals surface area contributed by atoms with E-state index in [2.05, 4.69) is 0 Å². The molecule has 1 heterocycles. The summed E-state index contributed by atoms with van der Waals surface area (Å²) in [6, 6.07) is 6.85. The van der Waals surface area contributed by atoms with Gasteiger partial charge in [0.05, 0.1) is 12.6 Å². The second-order valence-electron chi connectivity index (χ2n) is 5.54. The van der Waals surface area contributed by atoms with Crippen LogP contribution in [0, 0.1) is 0 Å². The Labute approximate surface area is 124 Å². The summed E-state index contributed by atoms with van der Waals surface area (Å²) in [6.45, 7) is 4.17. The fourth-order valence-corrected chi connectivity index (χ4v) is 2.61. The molecule has 1 N–H and O–H groups in total. The topological polar surface area (TPSA) is 49.8 Å². The number of aliphatic hydroxyl groups excluding tert-OH is 1. The summed E-state index contributed by atoms with van der Waals surface area (Å²) >= 11 is 5.83. The maximum atomic E-state index is 12.6. The molecule has 1 aliphatic rings. The summed E-state index contributed by atoms with van der Waals surface area (Å²) in [5.74, 6) is 0.511. The molecular weight excluding hydrogens is 278 g/mol. The van der Waals surface area contributed by atoms with Gasteiger partial charge < -0.3 is 14.7 Å². The number of hydrogen-bond acceptors (Lipinski definition) is 3. The summed E-state index contributed by atoms with van der Waals surface area (Å²) in [5.41, 5.74) is -0.967. The Morgan fingerprint density at radius 3 is 2.70 bits per heavy atom. The van der Waals surface area contributed by atoms with Gasteiger partial charge in [-0.3, -0.25) is 4.79 Å². The smallest absolute Gasteiger partial charge is 0.266 e. The van der Waals surface area contributed by atoms with E-state index in [9.17, 15) is 9.90 Å². The van der Waals surface area contributed by atoms with E-state index in [0.717, 1.165) is 12.8 Å². The number of likely N-dealkylation sites (tertiary alicyclic amines) is 1. The van der Waals surface area contributed by atoms with E-state index >= 15 is 0 Å². The number of hydrogen-bond donors (Lipinski definition) is 1. The molecule has 1 amide bonds. The summed E-state index contributed by atoms with van der Waals surface area (Å²) in [6.07, 6.45) is 1.77. The highest BCUT2D eigenvalue weighted by Gasteiger charge is 2.39. The van der Waals surface area contributed by atoms with Crippen LogP contribution in [-0.4, -0.2) is 40.7 Å². The van der Waals surface area contributed by atoms with Gasteiger partial charge in [0.1, 0.15) is 5.75 Å². The second kappa shape index (κ2) is 6.02. The quantitative estimate of drug-likeness (QED) is 0.929. The largest absolute Gasteiger partial charge is 0.478 e.